The predicted molar refractivity (Wildman–Crippen MR) is 119 cm³/mol. The van der Waals surface area contributed by atoms with Crippen molar-refractivity contribution in [2.24, 2.45) is 5.92 Å². The SMILES string of the molecule is CCCCn1nc(CC(C)C)nc1Cc1ccc(-c2cccnc2-c2nnn[nH]2)cc1. The molecule has 0 aliphatic heterocycles. The Balaban J connectivity index is 1.57. The van der Waals surface area contributed by atoms with E-state index in [1.807, 2.05) is 12.1 Å². The van der Waals surface area contributed by atoms with Crippen LogP contribution in [0.3, 0.4) is 0 Å². The zero-order chi connectivity index (χ0) is 21.6. The number of unbranched alkanes of at least 4 members (excludes halogenated alkanes) is 1. The Morgan fingerprint density at radius 3 is 2.65 bits per heavy atom. The lowest BCUT2D eigenvalue weighted by molar-refractivity contribution is 0.538. The highest BCUT2D eigenvalue weighted by atomic mass is 15.5. The van der Waals surface area contributed by atoms with Gasteiger partial charge < -0.3 is 0 Å². The molecule has 0 saturated carbocycles. The summed E-state index contributed by atoms with van der Waals surface area (Å²) in [5.41, 5.74) is 3.99. The molecular formula is C23H28N8. The molecular weight excluding hydrogens is 388 g/mol. The number of benzene rings is 1. The summed E-state index contributed by atoms with van der Waals surface area (Å²) in [5.74, 6) is 3.08. The lowest BCUT2D eigenvalue weighted by atomic mass is 10.0. The molecule has 0 bridgehead atoms. The van der Waals surface area contributed by atoms with Crippen molar-refractivity contribution in [3.8, 4) is 22.6 Å². The van der Waals surface area contributed by atoms with Crippen molar-refractivity contribution >= 4 is 0 Å². The van der Waals surface area contributed by atoms with Gasteiger partial charge in [0.05, 0.1) is 0 Å². The summed E-state index contributed by atoms with van der Waals surface area (Å²) < 4.78 is 2.09. The van der Waals surface area contributed by atoms with E-state index < -0.39 is 0 Å². The average molecular weight is 417 g/mol. The second kappa shape index (κ2) is 9.59. The highest BCUT2D eigenvalue weighted by molar-refractivity contribution is 5.77. The molecule has 0 saturated heterocycles. The Morgan fingerprint density at radius 1 is 1.10 bits per heavy atom. The van der Waals surface area contributed by atoms with E-state index in [1.165, 1.54) is 5.56 Å². The topological polar surface area (TPSA) is 98.1 Å². The number of tetrazole rings is 1. The molecule has 0 aliphatic carbocycles. The van der Waals surface area contributed by atoms with Gasteiger partial charge in [-0.05, 0) is 40.0 Å². The normalized spacial score (nSPS) is 11.4. The molecule has 3 heterocycles. The fraction of sp³-hybridized carbons (Fsp3) is 0.391. The van der Waals surface area contributed by atoms with Crippen molar-refractivity contribution in [3.63, 3.8) is 0 Å². The van der Waals surface area contributed by atoms with Gasteiger partial charge in [-0.3, -0.25) is 4.98 Å². The molecule has 8 heteroatoms. The molecule has 0 fully saturated rings. The minimum atomic E-state index is 0.544. The molecule has 0 unspecified atom stereocenters. The van der Waals surface area contributed by atoms with E-state index in [0.29, 0.717) is 11.7 Å². The maximum atomic E-state index is 4.84. The van der Waals surface area contributed by atoms with Gasteiger partial charge in [-0.15, -0.1) is 5.10 Å². The zero-order valence-electron chi connectivity index (χ0n) is 18.3. The van der Waals surface area contributed by atoms with Gasteiger partial charge in [0.25, 0.3) is 0 Å². The lowest BCUT2D eigenvalue weighted by Crippen LogP contribution is -2.06. The predicted octanol–water partition coefficient (Wildman–Crippen LogP) is 4.11. The smallest absolute Gasteiger partial charge is 0.198 e. The van der Waals surface area contributed by atoms with Crippen molar-refractivity contribution in [1.82, 2.24) is 40.4 Å². The summed E-state index contributed by atoms with van der Waals surface area (Å²) in [7, 11) is 0. The summed E-state index contributed by atoms with van der Waals surface area (Å²) >= 11 is 0. The third kappa shape index (κ3) is 5.02. The largest absolute Gasteiger partial charge is 0.252 e. The van der Waals surface area contributed by atoms with Crippen molar-refractivity contribution in [3.05, 3.63) is 59.8 Å². The van der Waals surface area contributed by atoms with Crippen LogP contribution in [0.25, 0.3) is 22.6 Å². The molecule has 1 N–H and O–H groups in total. The van der Waals surface area contributed by atoms with Crippen LogP contribution in [0.15, 0.2) is 42.6 Å². The zero-order valence-corrected chi connectivity index (χ0v) is 18.3. The van der Waals surface area contributed by atoms with Crippen LogP contribution in [0, 0.1) is 5.92 Å². The van der Waals surface area contributed by atoms with Crippen molar-refractivity contribution in [1.29, 1.82) is 0 Å². The number of aromatic amines is 1. The third-order valence-corrected chi connectivity index (χ3v) is 5.11. The monoisotopic (exact) mass is 416 g/mol. The summed E-state index contributed by atoms with van der Waals surface area (Å²) in [4.78, 5) is 9.30. The van der Waals surface area contributed by atoms with E-state index in [2.05, 4.69) is 75.3 Å². The first-order valence-electron chi connectivity index (χ1n) is 10.8. The van der Waals surface area contributed by atoms with Crippen LogP contribution in [-0.2, 0) is 19.4 Å². The Morgan fingerprint density at radius 2 is 1.94 bits per heavy atom. The Kier molecular flexibility index (Phi) is 6.45. The van der Waals surface area contributed by atoms with Gasteiger partial charge in [-0.25, -0.2) is 14.8 Å². The maximum Gasteiger partial charge on any atom is 0.198 e. The second-order valence-electron chi connectivity index (χ2n) is 8.14. The van der Waals surface area contributed by atoms with Gasteiger partial charge in [-0.1, -0.05) is 57.5 Å². The van der Waals surface area contributed by atoms with Crippen LogP contribution in [0.1, 0.15) is 50.8 Å². The van der Waals surface area contributed by atoms with Gasteiger partial charge in [-0.2, -0.15) is 5.10 Å². The number of aromatic nitrogens is 8. The van der Waals surface area contributed by atoms with E-state index in [4.69, 9.17) is 10.1 Å². The minimum absolute atomic E-state index is 0.544. The number of nitrogens with one attached hydrogen (secondary N) is 1. The van der Waals surface area contributed by atoms with E-state index in [1.54, 1.807) is 6.20 Å². The molecule has 0 aliphatic rings. The van der Waals surface area contributed by atoms with Crippen LogP contribution >= 0.6 is 0 Å². The van der Waals surface area contributed by atoms with Crippen LogP contribution in [0.5, 0.6) is 0 Å². The van der Waals surface area contributed by atoms with Crippen LogP contribution in [0.4, 0.5) is 0 Å². The molecule has 160 valence electrons. The number of aryl methyl sites for hydroxylation is 1. The molecule has 0 atom stereocenters. The maximum absolute atomic E-state index is 4.84. The van der Waals surface area contributed by atoms with Crippen LogP contribution < -0.4 is 0 Å². The molecule has 0 amide bonds. The first-order valence-corrected chi connectivity index (χ1v) is 10.8. The number of pyridine rings is 1. The Hall–Kier alpha value is -3.42. The Labute approximate surface area is 182 Å². The van der Waals surface area contributed by atoms with Crippen molar-refractivity contribution in [2.45, 2.75) is 53.0 Å². The summed E-state index contributed by atoms with van der Waals surface area (Å²) in [6.45, 7) is 7.52. The molecule has 1 aromatic carbocycles. The number of H-pyrrole nitrogens is 1. The average Bonchev–Trinajstić information content (AvgIpc) is 3.43. The van der Waals surface area contributed by atoms with Crippen LogP contribution in [0.2, 0.25) is 0 Å². The van der Waals surface area contributed by atoms with E-state index in [9.17, 15) is 0 Å². The number of hydrogen-bond donors (Lipinski definition) is 1. The van der Waals surface area contributed by atoms with E-state index >= 15 is 0 Å². The molecule has 4 rings (SSSR count). The molecule has 0 spiro atoms. The highest BCUT2D eigenvalue weighted by Gasteiger charge is 2.14. The number of hydrogen-bond acceptors (Lipinski definition) is 6. The quantitative estimate of drug-likeness (QED) is 0.441. The highest BCUT2D eigenvalue weighted by Crippen LogP contribution is 2.28. The van der Waals surface area contributed by atoms with E-state index in [0.717, 1.165) is 60.7 Å². The van der Waals surface area contributed by atoms with Crippen molar-refractivity contribution < 1.29 is 0 Å². The fourth-order valence-corrected chi connectivity index (χ4v) is 3.57. The lowest BCUT2D eigenvalue weighted by Gasteiger charge is -2.08. The Bertz CT molecular complexity index is 1100. The molecule has 31 heavy (non-hydrogen) atoms. The van der Waals surface area contributed by atoms with Gasteiger partial charge in [0.15, 0.2) is 11.6 Å². The standard InChI is InChI=1S/C23H28N8/c1-4-5-13-31-21(25-20(28-31)14-16(2)3)15-17-8-10-18(11-9-17)19-7-6-12-24-22(19)23-26-29-30-27-23/h6-12,16H,4-5,13-15H2,1-3H3,(H,26,27,29,30). The fourth-order valence-electron chi connectivity index (χ4n) is 3.57. The number of rotatable bonds is 9. The van der Waals surface area contributed by atoms with E-state index in [-0.39, 0.29) is 0 Å². The van der Waals surface area contributed by atoms with Crippen molar-refractivity contribution in [2.75, 3.05) is 0 Å². The second-order valence-corrected chi connectivity index (χ2v) is 8.14. The summed E-state index contributed by atoms with van der Waals surface area (Å²) in [5, 5.41) is 18.9. The summed E-state index contributed by atoms with van der Waals surface area (Å²) in [6.07, 6.45) is 5.66. The first kappa shape index (κ1) is 20.8. The molecule has 0 radical (unpaired) electrons. The van der Waals surface area contributed by atoms with Gasteiger partial charge >= 0.3 is 0 Å². The molecule has 3 aromatic heterocycles. The minimum Gasteiger partial charge on any atom is -0.252 e. The molecule has 4 aromatic rings. The van der Waals surface area contributed by atoms with Gasteiger partial charge in [0.2, 0.25) is 0 Å². The van der Waals surface area contributed by atoms with Crippen LogP contribution in [-0.4, -0.2) is 40.4 Å². The van der Waals surface area contributed by atoms with Gasteiger partial charge in [0.1, 0.15) is 11.5 Å². The summed E-state index contributed by atoms with van der Waals surface area (Å²) in [6, 6.07) is 12.5. The first-order chi connectivity index (χ1) is 15.1. The third-order valence-electron chi connectivity index (χ3n) is 5.11. The number of nitrogens with zero attached hydrogens (tertiary/aromatic N) is 7. The van der Waals surface area contributed by atoms with Gasteiger partial charge in [0, 0.05) is 31.1 Å². The molecule has 8 nitrogen and oxygen atoms in total.